The Morgan fingerprint density at radius 1 is 1.09 bits per heavy atom. The average molecular weight is 632 g/mol. The van der Waals surface area contributed by atoms with Crippen LogP contribution >= 0.6 is 0 Å². The van der Waals surface area contributed by atoms with Crippen LogP contribution in [0.3, 0.4) is 0 Å². The number of ether oxygens (including phenoxy) is 2. The number of carbonyl (C=O) groups excluding carboxylic acids is 2. The first-order valence-corrected chi connectivity index (χ1v) is 17.2. The fourth-order valence-electron chi connectivity index (χ4n) is 11.2. The van der Waals surface area contributed by atoms with Crippen molar-refractivity contribution < 1.29 is 49.9 Å². The molecular formula is C34H51N2O9+. The van der Waals surface area contributed by atoms with Crippen LogP contribution in [-0.4, -0.2) is 92.7 Å². The molecule has 6 fully saturated rings. The number of aliphatic hydroxyl groups is 5. The smallest absolute Gasteiger partial charge is 0.187 e. The molecule has 7 rings (SSSR count). The van der Waals surface area contributed by atoms with E-state index in [1.165, 1.54) is 6.08 Å². The van der Waals surface area contributed by atoms with Crippen molar-refractivity contribution in [1.29, 1.82) is 0 Å². The van der Waals surface area contributed by atoms with E-state index in [9.17, 15) is 35.1 Å². The number of allylic oxidation sites excluding steroid dienone is 4. The van der Waals surface area contributed by atoms with Gasteiger partial charge in [-0.2, -0.15) is 0 Å². The van der Waals surface area contributed by atoms with E-state index >= 15 is 0 Å². The molecule has 9 N–H and O–H groups in total. The first-order valence-electron chi connectivity index (χ1n) is 17.2. The Morgan fingerprint density at radius 3 is 2.67 bits per heavy atom. The van der Waals surface area contributed by atoms with Crippen molar-refractivity contribution in [3.63, 3.8) is 0 Å². The number of nitrogens with two attached hydrogens (primary N) is 2. The Balaban J connectivity index is 1.17. The summed E-state index contributed by atoms with van der Waals surface area (Å²) in [5, 5.41) is 59.0. The van der Waals surface area contributed by atoms with Gasteiger partial charge in [0, 0.05) is 18.3 Å². The molecule has 4 saturated carbocycles. The Morgan fingerprint density at radius 2 is 1.89 bits per heavy atom. The van der Waals surface area contributed by atoms with Gasteiger partial charge in [-0.3, -0.25) is 15.3 Å². The van der Waals surface area contributed by atoms with E-state index in [0.717, 1.165) is 50.6 Å². The number of piperidine rings is 1. The summed E-state index contributed by atoms with van der Waals surface area (Å²) in [6.07, 6.45) is 4.16. The highest BCUT2D eigenvalue weighted by Gasteiger charge is 2.64. The van der Waals surface area contributed by atoms with Gasteiger partial charge in [0.25, 0.3) is 0 Å². The van der Waals surface area contributed by atoms with Crippen LogP contribution in [-0.2, 0) is 19.1 Å². The standard InChI is InChI=1S/C34H50N2O9/c1-16-10-20-26(22(38)11-16)29(40)27-19(28(20)39)5-2-6-23(27)44-32-31(42)34(43,30(41)24(14-37)45-32)15-33-9-3-4-18(33)8-7-17-13-36-25(35)12-21(17)33/h10-11,17-21,23-27,30-32,36-38,41-43H,2-9,12-15,35H2,1H3/p+1. The maximum atomic E-state index is 13.9. The number of Topliss-reactive ketones (excluding diaryl/α,β-unsaturated/α-hetero) is 2. The van der Waals surface area contributed by atoms with Crippen LogP contribution in [0, 0.1) is 46.8 Å². The van der Waals surface area contributed by atoms with Crippen molar-refractivity contribution in [2.45, 2.75) is 114 Å². The van der Waals surface area contributed by atoms with Crippen LogP contribution in [0.1, 0.15) is 71.1 Å². The van der Waals surface area contributed by atoms with Crippen molar-refractivity contribution in [2.24, 2.45) is 52.6 Å². The molecule has 45 heavy (non-hydrogen) atoms. The van der Waals surface area contributed by atoms with Gasteiger partial charge in [-0.15, -0.1) is 0 Å². The molecule has 15 atom stereocenters. The summed E-state index contributed by atoms with van der Waals surface area (Å²) >= 11 is 0. The largest absolute Gasteiger partial charge is 0.512 e. The molecule has 0 radical (unpaired) electrons. The number of quaternary nitrogens is 1. The van der Waals surface area contributed by atoms with Crippen LogP contribution in [0.25, 0.3) is 0 Å². The fraction of sp³-hybridized carbons (Fsp3) is 0.824. The van der Waals surface area contributed by atoms with Gasteiger partial charge >= 0.3 is 0 Å². The number of hydrogen-bond donors (Lipinski definition) is 7. The molecular weight excluding hydrogens is 580 g/mol. The number of ketones is 2. The maximum absolute atomic E-state index is 13.9. The molecule has 2 heterocycles. The van der Waals surface area contributed by atoms with Gasteiger partial charge < -0.3 is 40.3 Å². The third kappa shape index (κ3) is 4.99. The Kier molecular flexibility index (Phi) is 8.34. The second-order valence-electron chi connectivity index (χ2n) is 15.4. The lowest BCUT2D eigenvalue weighted by molar-refractivity contribution is -0.708. The highest BCUT2D eigenvalue weighted by molar-refractivity contribution is 6.02. The van der Waals surface area contributed by atoms with Crippen molar-refractivity contribution in [1.82, 2.24) is 0 Å². The van der Waals surface area contributed by atoms with Gasteiger partial charge in [0.1, 0.15) is 41.6 Å². The topological polar surface area (TPSA) is 196 Å². The predicted octanol–water partition coefficient (Wildman–Crippen LogP) is 0.199. The van der Waals surface area contributed by atoms with Crippen LogP contribution < -0.4 is 11.1 Å². The molecule has 11 nitrogen and oxygen atoms in total. The van der Waals surface area contributed by atoms with Gasteiger partial charge in [0.15, 0.2) is 12.1 Å². The Labute approximate surface area is 264 Å². The predicted molar refractivity (Wildman–Crippen MR) is 160 cm³/mol. The molecule has 0 aromatic carbocycles. The Hall–Kier alpha value is -1.70. The van der Waals surface area contributed by atoms with Crippen molar-refractivity contribution >= 4 is 11.6 Å². The summed E-state index contributed by atoms with van der Waals surface area (Å²) in [6.45, 7) is 2.12. The van der Waals surface area contributed by atoms with Crippen LogP contribution in [0.2, 0.25) is 0 Å². The zero-order valence-corrected chi connectivity index (χ0v) is 26.2. The zero-order chi connectivity index (χ0) is 31.8. The number of fused-ring (bicyclic) bond motifs is 5. The molecule has 15 unspecified atom stereocenters. The first kappa shape index (κ1) is 31.9. The highest BCUT2D eigenvalue weighted by Crippen LogP contribution is 2.62. The summed E-state index contributed by atoms with van der Waals surface area (Å²) in [5.41, 5.74) is 4.83. The SMILES string of the molecule is CC1=CC2C(=O)C3CCCC(OC4OC(CO)C(O)C(O)(CC56CCCC5CCC5C[NH2+]C(N)CC56)C4O)C3C(=O)C2C(O)=C1. The van der Waals surface area contributed by atoms with Gasteiger partial charge in [-0.05, 0) is 75.2 Å². The third-order valence-electron chi connectivity index (χ3n) is 13.2. The third-order valence-corrected chi connectivity index (χ3v) is 13.2. The van der Waals surface area contributed by atoms with Gasteiger partial charge in [-0.1, -0.05) is 24.5 Å². The van der Waals surface area contributed by atoms with E-state index in [0.29, 0.717) is 31.1 Å². The second-order valence-corrected chi connectivity index (χ2v) is 15.4. The molecule has 0 bridgehead atoms. The van der Waals surface area contributed by atoms with E-state index in [1.807, 2.05) is 0 Å². The van der Waals surface area contributed by atoms with Crippen molar-refractivity contribution in [3.05, 3.63) is 23.5 Å². The summed E-state index contributed by atoms with van der Waals surface area (Å²) in [7, 11) is 0. The molecule has 11 heteroatoms. The molecule has 7 aliphatic rings. The lowest BCUT2D eigenvalue weighted by Crippen LogP contribution is -2.96. The van der Waals surface area contributed by atoms with Crippen LogP contribution in [0.4, 0.5) is 0 Å². The monoisotopic (exact) mass is 631 g/mol. The molecule has 0 aromatic rings. The molecule has 0 spiro atoms. The normalized spacial score (nSPS) is 51.4. The molecule has 250 valence electrons. The quantitative estimate of drug-likeness (QED) is 0.220. The maximum Gasteiger partial charge on any atom is 0.187 e. The second kappa shape index (κ2) is 11.8. The zero-order valence-electron chi connectivity index (χ0n) is 26.2. The van der Waals surface area contributed by atoms with Crippen LogP contribution in [0.15, 0.2) is 23.5 Å². The van der Waals surface area contributed by atoms with E-state index in [4.69, 9.17) is 15.2 Å². The summed E-state index contributed by atoms with van der Waals surface area (Å²) in [4.78, 5) is 27.6. The summed E-state index contributed by atoms with van der Waals surface area (Å²) in [5.74, 6) is -2.54. The number of hydrogen-bond acceptors (Lipinski definition) is 10. The minimum Gasteiger partial charge on any atom is -0.512 e. The number of aliphatic hydroxyl groups excluding tert-OH is 4. The van der Waals surface area contributed by atoms with Gasteiger partial charge in [0.2, 0.25) is 0 Å². The first-order chi connectivity index (χ1) is 21.5. The van der Waals surface area contributed by atoms with Crippen molar-refractivity contribution in [2.75, 3.05) is 13.2 Å². The number of rotatable bonds is 5. The average Bonchev–Trinajstić information content (AvgIpc) is 3.43. The summed E-state index contributed by atoms with van der Waals surface area (Å²) < 4.78 is 12.3. The van der Waals surface area contributed by atoms with E-state index < -0.39 is 66.6 Å². The molecule has 0 aromatic heterocycles. The fourth-order valence-corrected chi connectivity index (χ4v) is 11.2. The molecule has 2 aliphatic heterocycles. The van der Waals surface area contributed by atoms with Gasteiger partial charge in [0.05, 0.1) is 37.0 Å². The lowest BCUT2D eigenvalue weighted by Gasteiger charge is -2.58. The number of carbonyl (C=O) groups is 2. The summed E-state index contributed by atoms with van der Waals surface area (Å²) in [6, 6.07) is 0. The minimum atomic E-state index is -2.04. The minimum absolute atomic E-state index is 0.0321. The van der Waals surface area contributed by atoms with E-state index in [2.05, 4.69) is 5.32 Å². The molecule has 2 saturated heterocycles. The Bertz CT molecular complexity index is 1260. The molecule has 5 aliphatic carbocycles. The van der Waals surface area contributed by atoms with Gasteiger partial charge in [-0.25, -0.2) is 0 Å². The van der Waals surface area contributed by atoms with Crippen molar-refractivity contribution in [3.8, 4) is 0 Å². The van der Waals surface area contributed by atoms with Crippen LogP contribution in [0.5, 0.6) is 0 Å². The molecule has 0 amide bonds. The van der Waals surface area contributed by atoms with E-state index in [-0.39, 0.29) is 41.2 Å². The van der Waals surface area contributed by atoms with E-state index in [1.54, 1.807) is 13.0 Å². The highest BCUT2D eigenvalue weighted by atomic mass is 16.7. The lowest BCUT2D eigenvalue weighted by atomic mass is 9.51.